The molecule has 1 atom stereocenters. The van der Waals surface area contributed by atoms with Crippen LogP contribution in [0.5, 0.6) is 0 Å². The number of carbonyl (C=O) groups is 1. The molecular weight excluding hydrogens is 308 g/mol. The van der Waals surface area contributed by atoms with Crippen LogP contribution in [0.25, 0.3) is 5.65 Å². The van der Waals surface area contributed by atoms with Gasteiger partial charge in [-0.1, -0.05) is 0 Å². The molecule has 0 aliphatic carbocycles. The van der Waals surface area contributed by atoms with Gasteiger partial charge in [-0.05, 0) is 31.7 Å². The van der Waals surface area contributed by atoms with Crippen LogP contribution in [0, 0.1) is 0 Å². The molecule has 4 heterocycles. The highest BCUT2D eigenvalue weighted by atomic mass is 16.5. The Hall–Kier alpha value is -1.99. The molecule has 24 heavy (non-hydrogen) atoms. The molecule has 2 fully saturated rings. The minimum absolute atomic E-state index is 0.0415. The molecule has 2 aromatic heterocycles. The van der Waals surface area contributed by atoms with E-state index in [1.54, 1.807) is 36.2 Å². The summed E-state index contributed by atoms with van der Waals surface area (Å²) in [5, 5.41) is 4.33. The van der Waals surface area contributed by atoms with E-state index in [2.05, 4.69) is 10.1 Å². The van der Waals surface area contributed by atoms with Gasteiger partial charge in [0.05, 0.1) is 11.7 Å². The predicted molar refractivity (Wildman–Crippen MR) is 86.8 cm³/mol. The van der Waals surface area contributed by atoms with Gasteiger partial charge in [-0.25, -0.2) is 9.50 Å². The fraction of sp³-hybridized carbons (Fsp3) is 0.588. The quantitative estimate of drug-likeness (QED) is 0.835. The summed E-state index contributed by atoms with van der Waals surface area (Å²) in [5.74, 6) is -0.0415. The summed E-state index contributed by atoms with van der Waals surface area (Å²) < 4.78 is 13.4. The molecule has 1 spiro atoms. The van der Waals surface area contributed by atoms with Gasteiger partial charge in [0.15, 0.2) is 11.3 Å². The van der Waals surface area contributed by atoms with Crippen molar-refractivity contribution in [3.63, 3.8) is 0 Å². The number of hydrogen-bond donors (Lipinski definition) is 0. The summed E-state index contributed by atoms with van der Waals surface area (Å²) in [6, 6.07) is 3.53. The van der Waals surface area contributed by atoms with Gasteiger partial charge in [0.2, 0.25) is 0 Å². The van der Waals surface area contributed by atoms with E-state index in [1.807, 2.05) is 4.90 Å². The summed E-state index contributed by atoms with van der Waals surface area (Å²) >= 11 is 0. The molecule has 4 rings (SSSR count). The topological polar surface area (TPSA) is 69.0 Å². The van der Waals surface area contributed by atoms with Gasteiger partial charge in [-0.2, -0.15) is 5.10 Å². The Labute approximate surface area is 140 Å². The molecule has 7 nitrogen and oxygen atoms in total. The number of carbonyl (C=O) groups excluding carboxylic acids is 1. The monoisotopic (exact) mass is 330 g/mol. The van der Waals surface area contributed by atoms with Crippen molar-refractivity contribution in [1.82, 2.24) is 19.5 Å². The third-order valence-corrected chi connectivity index (χ3v) is 5.22. The number of fused-ring (bicyclic) bond motifs is 1. The highest BCUT2D eigenvalue weighted by molar-refractivity contribution is 5.93. The number of piperidine rings is 1. The van der Waals surface area contributed by atoms with Crippen molar-refractivity contribution in [2.75, 3.05) is 26.8 Å². The summed E-state index contributed by atoms with van der Waals surface area (Å²) in [6.07, 6.45) is 7.30. The second kappa shape index (κ2) is 6.14. The molecule has 0 saturated carbocycles. The number of rotatable bonds is 2. The zero-order chi connectivity index (χ0) is 16.6. The van der Waals surface area contributed by atoms with Crippen molar-refractivity contribution in [3.8, 4) is 0 Å². The van der Waals surface area contributed by atoms with Crippen molar-refractivity contribution < 1.29 is 14.3 Å². The zero-order valence-electron chi connectivity index (χ0n) is 13.9. The van der Waals surface area contributed by atoms with Crippen molar-refractivity contribution in [1.29, 1.82) is 0 Å². The van der Waals surface area contributed by atoms with Gasteiger partial charge in [-0.15, -0.1) is 0 Å². The number of aromatic nitrogens is 3. The van der Waals surface area contributed by atoms with Gasteiger partial charge in [-0.3, -0.25) is 4.79 Å². The molecule has 0 bridgehead atoms. The molecular formula is C17H22N4O3. The van der Waals surface area contributed by atoms with Gasteiger partial charge in [0.25, 0.3) is 5.91 Å². The predicted octanol–water partition coefficient (Wildman–Crippen LogP) is 1.53. The number of hydrogen-bond acceptors (Lipinski definition) is 5. The smallest absolute Gasteiger partial charge is 0.274 e. The van der Waals surface area contributed by atoms with Crippen LogP contribution in [0.15, 0.2) is 24.5 Å². The third-order valence-electron chi connectivity index (χ3n) is 5.22. The van der Waals surface area contributed by atoms with E-state index in [9.17, 15) is 4.79 Å². The maximum absolute atomic E-state index is 12.7. The molecule has 0 radical (unpaired) electrons. The first-order chi connectivity index (χ1) is 11.7. The average Bonchev–Trinajstić information content (AvgIpc) is 3.06. The van der Waals surface area contributed by atoms with Crippen LogP contribution in [0.3, 0.4) is 0 Å². The molecule has 2 saturated heterocycles. The summed E-state index contributed by atoms with van der Waals surface area (Å²) in [4.78, 5) is 18.8. The number of methoxy groups -OCH3 is 1. The van der Waals surface area contributed by atoms with E-state index < -0.39 is 0 Å². The molecule has 2 aromatic rings. The van der Waals surface area contributed by atoms with E-state index in [1.165, 1.54) is 0 Å². The van der Waals surface area contributed by atoms with Gasteiger partial charge >= 0.3 is 0 Å². The lowest BCUT2D eigenvalue weighted by molar-refractivity contribution is -0.183. The van der Waals surface area contributed by atoms with Crippen molar-refractivity contribution >= 4 is 11.6 Å². The number of ether oxygens (including phenoxy) is 2. The molecule has 2 aliphatic heterocycles. The van der Waals surface area contributed by atoms with Crippen LogP contribution in [-0.4, -0.2) is 63.9 Å². The summed E-state index contributed by atoms with van der Waals surface area (Å²) in [6.45, 7) is 2.12. The van der Waals surface area contributed by atoms with Crippen molar-refractivity contribution in [3.05, 3.63) is 30.2 Å². The lowest BCUT2D eigenvalue weighted by atomic mass is 9.82. The minimum atomic E-state index is -0.232. The molecule has 1 amide bonds. The number of likely N-dealkylation sites (tertiary alicyclic amines) is 1. The minimum Gasteiger partial charge on any atom is -0.378 e. The van der Waals surface area contributed by atoms with Crippen molar-refractivity contribution in [2.24, 2.45) is 0 Å². The third kappa shape index (κ3) is 2.57. The van der Waals surface area contributed by atoms with Crippen LogP contribution < -0.4 is 0 Å². The van der Waals surface area contributed by atoms with E-state index in [-0.39, 0.29) is 17.6 Å². The maximum Gasteiger partial charge on any atom is 0.274 e. The Morgan fingerprint density at radius 3 is 3.00 bits per heavy atom. The first-order valence-electron chi connectivity index (χ1n) is 8.48. The molecule has 128 valence electrons. The summed E-state index contributed by atoms with van der Waals surface area (Å²) in [7, 11) is 1.75. The van der Waals surface area contributed by atoms with E-state index in [4.69, 9.17) is 9.47 Å². The highest BCUT2D eigenvalue weighted by Crippen LogP contribution is 2.37. The van der Waals surface area contributed by atoms with Crippen LogP contribution >= 0.6 is 0 Å². The first kappa shape index (κ1) is 15.5. The Morgan fingerprint density at radius 2 is 2.25 bits per heavy atom. The van der Waals surface area contributed by atoms with Gasteiger partial charge in [0.1, 0.15) is 0 Å². The van der Waals surface area contributed by atoms with E-state index in [0.29, 0.717) is 24.4 Å². The largest absolute Gasteiger partial charge is 0.378 e. The highest BCUT2D eigenvalue weighted by Gasteiger charge is 2.45. The zero-order valence-corrected chi connectivity index (χ0v) is 13.9. The second-order valence-corrected chi connectivity index (χ2v) is 6.52. The van der Waals surface area contributed by atoms with E-state index >= 15 is 0 Å². The number of nitrogens with zero attached hydrogens (tertiary/aromatic N) is 4. The fourth-order valence-electron chi connectivity index (χ4n) is 3.88. The van der Waals surface area contributed by atoms with Crippen LogP contribution in [-0.2, 0) is 9.47 Å². The van der Waals surface area contributed by atoms with Crippen LogP contribution in [0.1, 0.15) is 36.2 Å². The Kier molecular flexibility index (Phi) is 3.97. The molecule has 0 aromatic carbocycles. The second-order valence-electron chi connectivity index (χ2n) is 6.52. The fourth-order valence-corrected chi connectivity index (χ4v) is 3.88. The normalized spacial score (nSPS) is 23.7. The van der Waals surface area contributed by atoms with Crippen molar-refractivity contribution in [2.45, 2.75) is 37.4 Å². The van der Waals surface area contributed by atoms with Crippen LogP contribution in [0.4, 0.5) is 0 Å². The molecule has 0 N–H and O–H groups in total. The van der Waals surface area contributed by atoms with Gasteiger partial charge < -0.3 is 14.4 Å². The Morgan fingerprint density at radius 1 is 1.42 bits per heavy atom. The number of amides is 1. The average molecular weight is 330 g/mol. The Bertz CT molecular complexity index is 703. The standard InChI is InChI=1S/C17H22N4O3/c1-23-14-4-2-11-24-17(14)5-9-20(10-6-17)16(22)13-12-15-18-7-3-8-21(15)19-13/h3,7-8,12,14H,2,4-6,9-11H2,1H3/t14-/m1/s1. The molecule has 0 unspecified atom stereocenters. The van der Waals surface area contributed by atoms with Gasteiger partial charge in [0, 0.05) is 45.3 Å². The first-order valence-corrected chi connectivity index (χ1v) is 8.48. The SMILES string of the molecule is CO[C@@H]1CCCOC12CCN(C(=O)c1cc3ncccn3n1)CC2. The lowest BCUT2D eigenvalue weighted by Gasteiger charge is -2.47. The summed E-state index contributed by atoms with van der Waals surface area (Å²) in [5.41, 5.74) is 0.895. The molecule has 2 aliphatic rings. The lowest BCUT2D eigenvalue weighted by Crippen LogP contribution is -2.56. The molecule has 7 heteroatoms. The Balaban J connectivity index is 1.48. The maximum atomic E-state index is 12.7. The van der Waals surface area contributed by atoms with Crippen LogP contribution in [0.2, 0.25) is 0 Å². The van der Waals surface area contributed by atoms with E-state index in [0.717, 1.165) is 32.3 Å².